The number of amides is 1. The van der Waals surface area contributed by atoms with Crippen LogP contribution in [0.5, 0.6) is 0 Å². The van der Waals surface area contributed by atoms with E-state index < -0.39 is 18.6 Å². The third-order valence-corrected chi connectivity index (χ3v) is 3.44. The highest BCUT2D eigenvalue weighted by atomic mass is 35.5. The predicted molar refractivity (Wildman–Crippen MR) is 82.4 cm³/mol. The molecule has 1 saturated heterocycles. The lowest BCUT2D eigenvalue weighted by molar-refractivity contribution is -0.0184. The maximum Gasteiger partial charge on any atom is 0.409 e. The Balaban J connectivity index is 2.08. The van der Waals surface area contributed by atoms with Crippen LogP contribution in [0.3, 0.4) is 0 Å². The molecule has 0 spiro atoms. The van der Waals surface area contributed by atoms with Crippen LogP contribution in [0, 0.1) is 11.8 Å². The molecule has 0 aliphatic carbocycles. The zero-order chi connectivity index (χ0) is 16.9. The lowest BCUT2D eigenvalue weighted by Gasteiger charge is -2.33. The summed E-state index contributed by atoms with van der Waals surface area (Å²) in [7, 11) is 0. The van der Waals surface area contributed by atoms with Gasteiger partial charge in [0.15, 0.2) is 0 Å². The molecule has 1 aromatic heterocycles. The lowest BCUT2D eigenvalue weighted by atomic mass is 10.00. The van der Waals surface area contributed by atoms with E-state index >= 15 is 0 Å². The zero-order valence-corrected chi connectivity index (χ0v) is 13.2. The average molecular weight is 341 g/mol. The Morgan fingerprint density at radius 3 is 3.04 bits per heavy atom. The van der Waals surface area contributed by atoms with Crippen LogP contribution in [0.15, 0.2) is 30.0 Å². The second kappa shape index (κ2) is 7.42. The molecule has 0 N–H and O–H groups in total. The van der Waals surface area contributed by atoms with Crippen molar-refractivity contribution in [1.29, 1.82) is 0 Å². The number of allylic oxidation sites excluding steroid dienone is 1. The number of likely N-dealkylation sites (tertiary alicyclic amines) is 1. The fraction of sp³-hybridized carbons (Fsp3) is 0.375. The fourth-order valence-electron chi connectivity index (χ4n) is 2.08. The maximum absolute atomic E-state index is 14.1. The molecule has 23 heavy (non-hydrogen) atoms. The topological polar surface area (TPSA) is 42.4 Å². The van der Waals surface area contributed by atoms with Gasteiger partial charge in [0.25, 0.3) is 5.92 Å². The highest BCUT2D eigenvalue weighted by Gasteiger charge is 2.41. The molecule has 2 rings (SSSR count). The van der Waals surface area contributed by atoms with Gasteiger partial charge in [-0.1, -0.05) is 17.5 Å². The van der Waals surface area contributed by atoms with Gasteiger partial charge in [0.2, 0.25) is 0 Å². The van der Waals surface area contributed by atoms with Gasteiger partial charge in [-0.15, -0.1) is 0 Å². The highest BCUT2D eigenvalue weighted by Crippen LogP contribution is 2.32. The van der Waals surface area contributed by atoms with Crippen molar-refractivity contribution < 1.29 is 18.3 Å². The molecule has 2 heterocycles. The van der Waals surface area contributed by atoms with E-state index in [1.54, 1.807) is 19.1 Å². The summed E-state index contributed by atoms with van der Waals surface area (Å²) < 4.78 is 32.9. The van der Waals surface area contributed by atoms with Crippen LogP contribution in [0.2, 0.25) is 5.02 Å². The van der Waals surface area contributed by atoms with Gasteiger partial charge in [0, 0.05) is 23.3 Å². The summed E-state index contributed by atoms with van der Waals surface area (Å²) in [5, 5.41) is 0.477. The van der Waals surface area contributed by atoms with E-state index in [-0.39, 0.29) is 25.1 Å². The summed E-state index contributed by atoms with van der Waals surface area (Å²) in [6.07, 6.45) is 2.00. The molecule has 1 amide bonds. The van der Waals surface area contributed by atoms with Gasteiger partial charge in [0.1, 0.15) is 5.69 Å². The molecule has 122 valence electrons. The average Bonchev–Trinajstić information content (AvgIpc) is 2.48. The SMILES string of the molecule is CCOC(=O)N1CC/C(=C\C#Cc2cc(Cl)ccn2)C(F)(F)C1. The number of rotatable bonds is 1. The zero-order valence-electron chi connectivity index (χ0n) is 12.5. The van der Waals surface area contributed by atoms with Crippen LogP contribution in [-0.4, -0.2) is 41.6 Å². The molecule has 4 nitrogen and oxygen atoms in total. The molecule has 0 radical (unpaired) electrons. The van der Waals surface area contributed by atoms with E-state index in [2.05, 4.69) is 16.8 Å². The smallest absolute Gasteiger partial charge is 0.409 e. The largest absolute Gasteiger partial charge is 0.450 e. The van der Waals surface area contributed by atoms with Gasteiger partial charge in [-0.2, -0.15) is 8.78 Å². The third-order valence-electron chi connectivity index (χ3n) is 3.20. The number of aromatic nitrogens is 1. The minimum Gasteiger partial charge on any atom is -0.450 e. The van der Waals surface area contributed by atoms with Crippen LogP contribution < -0.4 is 0 Å². The van der Waals surface area contributed by atoms with Crippen molar-refractivity contribution in [3.63, 3.8) is 0 Å². The van der Waals surface area contributed by atoms with Crippen LogP contribution in [0.25, 0.3) is 0 Å². The first-order chi connectivity index (χ1) is 10.9. The molecular weight excluding hydrogens is 326 g/mol. The number of hydrogen-bond acceptors (Lipinski definition) is 3. The molecule has 1 aliphatic rings. The second-order valence-corrected chi connectivity index (χ2v) is 5.31. The number of alkyl halides is 2. The number of ether oxygens (including phenoxy) is 1. The van der Waals surface area contributed by atoms with Gasteiger partial charge >= 0.3 is 6.09 Å². The Morgan fingerprint density at radius 1 is 1.61 bits per heavy atom. The van der Waals surface area contributed by atoms with Gasteiger partial charge in [-0.3, -0.25) is 0 Å². The van der Waals surface area contributed by atoms with E-state index in [1.165, 1.54) is 12.3 Å². The second-order valence-electron chi connectivity index (χ2n) is 4.87. The molecule has 0 bridgehead atoms. The number of hydrogen-bond donors (Lipinski definition) is 0. The summed E-state index contributed by atoms with van der Waals surface area (Å²) in [5.74, 6) is 2.12. The third kappa shape index (κ3) is 4.67. The summed E-state index contributed by atoms with van der Waals surface area (Å²) in [6, 6.07) is 3.15. The van der Waals surface area contributed by atoms with Crippen LogP contribution in [0.1, 0.15) is 19.0 Å². The first kappa shape index (κ1) is 17.2. The van der Waals surface area contributed by atoms with Crippen LogP contribution in [-0.2, 0) is 4.74 Å². The van der Waals surface area contributed by atoms with E-state index in [1.807, 2.05) is 0 Å². The minimum absolute atomic E-state index is 0.0451. The van der Waals surface area contributed by atoms with E-state index in [0.717, 1.165) is 4.90 Å². The Morgan fingerprint density at radius 2 is 2.39 bits per heavy atom. The number of piperidine rings is 1. The van der Waals surface area contributed by atoms with Crippen molar-refractivity contribution >= 4 is 17.7 Å². The Kier molecular flexibility index (Phi) is 5.56. The van der Waals surface area contributed by atoms with Crippen molar-refractivity contribution in [3.8, 4) is 11.8 Å². The summed E-state index contributed by atoms with van der Waals surface area (Å²) in [5.41, 5.74) is 0.300. The first-order valence-electron chi connectivity index (χ1n) is 7.04. The molecule has 0 atom stereocenters. The molecule has 1 fully saturated rings. The maximum atomic E-state index is 14.1. The van der Waals surface area contributed by atoms with Crippen molar-refractivity contribution in [2.45, 2.75) is 19.3 Å². The minimum atomic E-state index is -3.12. The first-order valence-corrected chi connectivity index (χ1v) is 7.42. The number of pyridine rings is 1. The van der Waals surface area contributed by atoms with Crippen molar-refractivity contribution in [1.82, 2.24) is 9.88 Å². The van der Waals surface area contributed by atoms with Crippen molar-refractivity contribution in [3.05, 3.63) is 40.7 Å². The van der Waals surface area contributed by atoms with Crippen molar-refractivity contribution in [2.24, 2.45) is 0 Å². The van der Waals surface area contributed by atoms with Gasteiger partial charge in [-0.25, -0.2) is 9.78 Å². The van der Waals surface area contributed by atoms with Gasteiger partial charge in [0.05, 0.1) is 13.2 Å². The molecule has 0 saturated carbocycles. The Labute approximate surface area is 138 Å². The summed E-state index contributed by atoms with van der Waals surface area (Å²) >= 11 is 5.80. The Bertz CT molecular complexity index is 680. The number of carbonyl (C=O) groups is 1. The molecular formula is C16H15ClF2N2O2. The van der Waals surface area contributed by atoms with E-state index in [4.69, 9.17) is 16.3 Å². The molecule has 0 unspecified atom stereocenters. The normalized spacial score (nSPS) is 18.3. The quantitative estimate of drug-likeness (QED) is 0.735. The van der Waals surface area contributed by atoms with Gasteiger partial charge in [-0.05, 0) is 37.5 Å². The predicted octanol–water partition coefficient (Wildman–Crippen LogP) is 3.51. The van der Waals surface area contributed by atoms with Crippen LogP contribution in [0.4, 0.5) is 13.6 Å². The number of carbonyl (C=O) groups excluding carboxylic acids is 1. The highest BCUT2D eigenvalue weighted by molar-refractivity contribution is 6.30. The summed E-state index contributed by atoms with van der Waals surface area (Å²) in [6.45, 7) is 1.26. The van der Waals surface area contributed by atoms with Crippen molar-refractivity contribution in [2.75, 3.05) is 19.7 Å². The van der Waals surface area contributed by atoms with E-state index in [9.17, 15) is 13.6 Å². The standard InChI is InChI=1S/C16H15ClF2N2O2/c1-2-23-15(22)21-9-7-12(16(18,19)11-21)4-3-5-14-10-13(17)6-8-20-14/h4,6,8,10H,2,7,9,11H2,1H3/b12-4+. The lowest BCUT2D eigenvalue weighted by Crippen LogP contribution is -2.47. The van der Waals surface area contributed by atoms with E-state index in [0.29, 0.717) is 10.7 Å². The number of nitrogens with zero attached hydrogens (tertiary/aromatic N) is 2. The monoisotopic (exact) mass is 340 g/mol. The van der Waals surface area contributed by atoms with Gasteiger partial charge < -0.3 is 9.64 Å². The molecule has 7 heteroatoms. The molecule has 1 aromatic rings. The van der Waals surface area contributed by atoms with Crippen LogP contribution >= 0.6 is 11.6 Å². The Hall–Kier alpha value is -2.13. The summed E-state index contributed by atoms with van der Waals surface area (Å²) in [4.78, 5) is 16.5. The molecule has 0 aromatic carbocycles. The fourth-order valence-corrected chi connectivity index (χ4v) is 2.24. The molecule has 1 aliphatic heterocycles. The number of halogens is 3.